The van der Waals surface area contributed by atoms with Gasteiger partial charge in [-0.3, -0.25) is 4.79 Å². The van der Waals surface area contributed by atoms with Gasteiger partial charge in [-0.05, 0) is 57.5 Å². The van der Waals surface area contributed by atoms with Gasteiger partial charge in [0.1, 0.15) is 0 Å². The largest absolute Gasteiger partial charge is 0.343 e. The highest BCUT2D eigenvalue weighted by molar-refractivity contribution is 5.79. The molecule has 1 aliphatic carbocycles. The highest BCUT2D eigenvalue weighted by Crippen LogP contribution is 2.30. The number of rotatable bonds is 3. The molecular weight excluding hydrogens is 224 g/mol. The number of hydrogen-bond donors (Lipinski definition) is 1. The molecule has 1 saturated heterocycles. The predicted octanol–water partition coefficient (Wildman–Crippen LogP) is 2.41. The van der Waals surface area contributed by atoms with Crippen LogP contribution in [0.1, 0.15) is 51.9 Å². The van der Waals surface area contributed by atoms with Gasteiger partial charge in [0.25, 0.3) is 0 Å². The number of nitrogens with one attached hydrogen (secondary N) is 1. The van der Waals surface area contributed by atoms with Crippen molar-refractivity contribution < 1.29 is 4.79 Å². The lowest BCUT2D eigenvalue weighted by molar-refractivity contribution is -0.137. The van der Waals surface area contributed by atoms with Crippen molar-refractivity contribution >= 4 is 5.91 Å². The Bertz CT molecular complexity index is 266. The van der Waals surface area contributed by atoms with Gasteiger partial charge in [-0.25, -0.2) is 0 Å². The highest BCUT2D eigenvalue weighted by atomic mass is 16.2. The third-order valence-corrected chi connectivity index (χ3v) is 4.98. The molecule has 1 N–H and O–H groups in total. The van der Waals surface area contributed by atoms with Crippen molar-refractivity contribution in [3.8, 4) is 0 Å². The second-order valence-electron chi connectivity index (χ2n) is 6.06. The molecule has 2 rings (SSSR count). The average Bonchev–Trinajstić information content (AvgIpc) is 2.47. The average molecular weight is 252 g/mol. The summed E-state index contributed by atoms with van der Waals surface area (Å²) in [7, 11) is 2.03. The van der Waals surface area contributed by atoms with Crippen LogP contribution in [-0.4, -0.2) is 37.0 Å². The van der Waals surface area contributed by atoms with Crippen molar-refractivity contribution in [3.63, 3.8) is 0 Å². The Labute approximate surface area is 111 Å². The summed E-state index contributed by atoms with van der Waals surface area (Å²) < 4.78 is 0. The number of carbonyl (C=O) groups excluding carboxylic acids is 1. The van der Waals surface area contributed by atoms with Gasteiger partial charge in [0, 0.05) is 19.0 Å². The fraction of sp³-hybridized carbons (Fsp3) is 0.933. The van der Waals surface area contributed by atoms with Crippen LogP contribution in [-0.2, 0) is 4.79 Å². The fourth-order valence-electron chi connectivity index (χ4n) is 3.48. The van der Waals surface area contributed by atoms with Gasteiger partial charge >= 0.3 is 0 Å². The molecule has 0 aromatic rings. The Morgan fingerprint density at radius 1 is 1.11 bits per heavy atom. The highest BCUT2D eigenvalue weighted by Gasteiger charge is 2.30. The predicted molar refractivity (Wildman–Crippen MR) is 74.4 cm³/mol. The molecule has 18 heavy (non-hydrogen) atoms. The van der Waals surface area contributed by atoms with Crippen LogP contribution in [0, 0.1) is 11.8 Å². The Hall–Kier alpha value is -0.570. The van der Waals surface area contributed by atoms with Crippen LogP contribution < -0.4 is 5.32 Å². The minimum atomic E-state index is 0.278. The maximum absolute atomic E-state index is 12.4. The van der Waals surface area contributed by atoms with Crippen molar-refractivity contribution in [2.75, 3.05) is 20.1 Å². The number of amides is 1. The van der Waals surface area contributed by atoms with E-state index in [4.69, 9.17) is 0 Å². The van der Waals surface area contributed by atoms with Crippen molar-refractivity contribution in [3.05, 3.63) is 0 Å². The zero-order valence-electron chi connectivity index (χ0n) is 12.0. The molecule has 2 fully saturated rings. The van der Waals surface area contributed by atoms with Gasteiger partial charge in [-0.2, -0.15) is 0 Å². The van der Waals surface area contributed by atoms with Gasteiger partial charge in [0.05, 0.1) is 0 Å². The van der Waals surface area contributed by atoms with E-state index in [1.54, 1.807) is 0 Å². The Balaban J connectivity index is 1.83. The minimum Gasteiger partial charge on any atom is -0.343 e. The van der Waals surface area contributed by atoms with E-state index >= 15 is 0 Å². The normalized spacial score (nSPS) is 30.1. The number of hydrogen-bond acceptors (Lipinski definition) is 2. The van der Waals surface area contributed by atoms with Crippen molar-refractivity contribution in [1.29, 1.82) is 0 Å². The van der Waals surface area contributed by atoms with Gasteiger partial charge < -0.3 is 10.2 Å². The van der Waals surface area contributed by atoms with Gasteiger partial charge in [-0.1, -0.05) is 13.3 Å². The third-order valence-electron chi connectivity index (χ3n) is 4.98. The summed E-state index contributed by atoms with van der Waals surface area (Å²) in [5.41, 5.74) is 0. The molecule has 104 valence electrons. The standard InChI is InChI=1S/C15H28N2O/c1-3-12-4-6-14(7-5-12)17(2)15(18)13-8-10-16-11-9-13/h12-14,16H,3-11H2,1-2H3. The molecule has 0 aromatic carbocycles. The summed E-state index contributed by atoms with van der Waals surface area (Å²) in [5, 5.41) is 3.33. The first-order valence-electron chi connectivity index (χ1n) is 7.69. The lowest BCUT2D eigenvalue weighted by Gasteiger charge is -2.37. The first kappa shape index (κ1) is 13.9. The molecule has 0 radical (unpaired) electrons. The molecule has 2 aliphatic rings. The molecule has 0 spiro atoms. The fourth-order valence-corrected chi connectivity index (χ4v) is 3.48. The maximum atomic E-state index is 12.4. The first-order valence-corrected chi connectivity index (χ1v) is 7.69. The lowest BCUT2D eigenvalue weighted by atomic mass is 9.83. The van der Waals surface area contributed by atoms with E-state index in [0.717, 1.165) is 31.8 Å². The lowest BCUT2D eigenvalue weighted by Crippen LogP contribution is -2.45. The zero-order valence-corrected chi connectivity index (χ0v) is 12.0. The molecule has 3 heteroatoms. The zero-order chi connectivity index (χ0) is 13.0. The van der Waals surface area contributed by atoms with Crippen molar-refractivity contribution in [2.45, 2.75) is 57.9 Å². The Morgan fingerprint density at radius 2 is 1.72 bits per heavy atom. The van der Waals surface area contributed by atoms with E-state index in [0.29, 0.717) is 11.9 Å². The molecule has 1 saturated carbocycles. The molecule has 3 nitrogen and oxygen atoms in total. The van der Waals surface area contributed by atoms with Gasteiger partial charge in [0.2, 0.25) is 5.91 Å². The van der Waals surface area contributed by atoms with Crippen LogP contribution in [0.2, 0.25) is 0 Å². The molecule has 0 unspecified atom stereocenters. The summed E-state index contributed by atoms with van der Waals surface area (Å²) in [6.07, 6.45) is 8.40. The van der Waals surface area contributed by atoms with Crippen LogP contribution in [0.15, 0.2) is 0 Å². The Morgan fingerprint density at radius 3 is 2.28 bits per heavy atom. The summed E-state index contributed by atoms with van der Waals surface area (Å²) >= 11 is 0. The second kappa shape index (κ2) is 6.55. The minimum absolute atomic E-state index is 0.278. The quantitative estimate of drug-likeness (QED) is 0.836. The molecule has 0 atom stereocenters. The monoisotopic (exact) mass is 252 g/mol. The molecule has 1 aliphatic heterocycles. The summed E-state index contributed by atoms with van der Waals surface area (Å²) in [6, 6.07) is 0.509. The summed E-state index contributed by atoms with van der Waals surface area (Å²) in [4.78, 5) is 14.5. The summed E-state index contributed by atoms with van der Waals surface area (Å²) in [6.45, 7) is 4.30. The van der Waals surface area contributed by atoms with Crippen molar-refractivity contribution in [2.24, 2.45) is 11.8 Å². The van der Waals surface area contributed by atoms with E-state index in [1.807, 2.05) is 7.05 Å². The van der Waals surface area contributed by atoms with E-state index in [-0.39, 0.29) is 5.92 Å². The summed E-state index contributed by atoms with van der Waals surface area (Å²) in [5.74, 6) is 1.58. The van der Waals surface area contributed by atoms with Crippen LogP contribution in [0.3, 0.4) is 0 Å². The van der Waals surface area contributed by atoms with Crippen LogP contribution >= 0.6 is 0 Å². The van der Waals surface area contributed by atoms with Crippen LogP contribution in [0.4, 0.5) is 0 Å². The molecule has 1 heterocycles. The van der Waals surface area contributed by atoms with E-state index in [1.165, 1.54) is 32.1 Å². The van der Waals surface area contributed by atoms with E-state index in [2.05, 4.69) is 17.1 Å². The van der Waals surface area contributed by atoms with E-state index in [9.17, 15) is 4.79 Å². The maximum Gasteiger partial charge on any atom is 0.225 e. The topological polar surface area (TPSA) is 32.3 Å². The van der Waals surface area contributed by atoms with Crippen molar-refractivity contribution in [1.82, 2.24) is 10.2 Å². The van der Waals surface area contributed by atoms with Crippen LogP contribution in [0.5, 0.6) is 0 Å². The number of carbonyl (C=O) groups is 1. The molecule has 1 amide bonds. The second-order valence-corrected chi connectivity index (χ2v) is 6.06. The van der Waals surface area contributed by atoms with E-state index < -0.39 is 0 Å². The smallest absolute Gasteiger partial charge is 0.225 e. The van der Waals surface area contributed by atoms with Gasteiger partial charge in [0.15, 0.2) is 0 Å². The van der Waals surface area contributed by atoms with Crippen LogP contribution in [0.25, 0.3) is 0 Å². The molecular formula is C15H28N2O. The SMILES string of the molecule is CCC1CCC(N(C)C(=O)C2CCNCC2)CC1. The number of nitrogens with zero attached hydrogens (tertiary/aromatic N) is 1. The first-order chi connectivity index (χ1) is 8.72. The molecule has 0 bridgehead atoms. The third kappa shape index (κ3) is 3.25. The van der Waals surface area contributed by atoms with Gasteiger partial charge in [-0.15, -0.1) is 0 Å². The molecule has 0 aromatic heterocycles. The Kier molecular flexibility index (Phi) is 5.04. The number of piperidine rings is 1.